The van der Waals surface area contributed by atoms with Crippen molar-refractivity contribution in [2.24, 2.45) is 5.92 Å². The molecule has 3 amide bonds. The fourth-order valence-electron chi connectivity index (χ4n) is 3.87. The summed E-state index contributed by atoms with van der Waals surface area (Å²) in [6, 6.07) is 9.04. The molecule has 9 nitrogen and oxygen atoms in total. The first-order chi connectivity index (χ1) is 15.1. The van der Waals surface area contributed by atoms with Crippen LogP contribution in [0, 0.1) is 5.92 Å². The maximum Gasteiger partial charge on any atom is 0.319 e. The van der Waals surface area contributed by atoms with E-state index in [-0.39, 0.29) is 36.5 Å². The largest absolute Gasteiger partial charge is 0.483 e. The van der Waals surface area contributed by atoms with Gasteiger partial charge < -0.3 is 30.1 Å². The highest BCUT2D eigenvalue weighted by atomic mass is 16.5. The van der Waals surface area contributed by atoms with E-state index in [9.17, 15) is 9.59 Å². The van der Waals surface area contributed by atoms with Gasteiger partial charge in [-0.15, -0.1) is 0 Å². The van der Waals surface area contributed by atoms with Gasteiger partial charge in [-0.25, -0.2) is 4.79 Å². The van der Waals surface area contributed by atoms with Crippen molar-refractivity contribution in [3.05, 3.63) is 30.3 Å². The Bertz CT molecular complexity index is 681. The summed E-state index contributed by atoms with van der Waals surface area (Å²) >= 11 is 0. The molecule has 3 atom stereocenters. The summed E-state index contributed by atoms with van der Waals surface area (Å²) in [5.41, 5.74) is 0.752. The minimum atomic E-state index is -0.250. The predicted molar refractivity (Wildman–Crippen MR) is 116 cm³/mol. The number of para-hydroxylation sites is 1. The Balaban J connectivity index is 0.00000107. The summed E-state index contributed by atoms with van der Waals surface area (Å²) in [6.45, 7) is 4.98. The Kier molecular flexibility index (Phi) is 10.8. The lowest BCUT2D eigenvalue weighted by Gasteiger charge is -2.38. The zero-order valence-corrected chi connectivity index (χ0v) is 18.0. The lowest BCUT2D eigenvalue weighted by Crippen LogP contribution is -2.52. The molecule has 1 saturated carbocycles. The van der Waals surface area contributed by atoms with Gasteiger partial charge in [0.15, 0.2) is 0 Å². The van der Waals surface area contributed by atoms with Gasteiger partial charge in [-0.05, 0) is 37.8 Å². The number of urea groups is 1. The second-order valence-electron chi connectivity index (χ2n) is 7.53. The van der Waals surface area contributed by atoms with Gasteiger partial charge in [-0.3, -0.25) is 9.59 Å². The molecule has 1 saturated heterocycles. The molecule has 0 aromatic heterocycles. The molecule has 0 radical (unpaired) electrons. The zero-order chi connectivity index (χ0) is 22.5. The quantitative estimate of drug-likeness (QED) is 0.591. The summed E-state index contributed by atoms with van der Waals surface area (Å²) in [6.07, 6.45) is 2.90. The molecule has 31 heavy (non-hydrogen) atoms. The number of rotatable bonds is 6. The van der Waals surface area contributed by atoms with E-state index in [1.165, 1.54) is 0 Å². The van der Waals surface area contributed by atoms with Crippen molar-refractivity contribution in [2.45, 2.75) is 44.8 Å². The first-order valence-electron chi connectivity index (χ1n) is 10.8. The number of carbonyl (C=O) groups excluding carboxylic acids is 2. The van der Waals surface area contributed by atoms with Crippen molar-refractivity contribution < 1.29 is 29.0 Å². The van der Waals surface area contributed by atoms with Gasteiger partial charge in [-0.2, -0.15) is 0 Å². The Morgan fingerprint density at radius 2 is 1.90 bits per heavy atom. The normalized spacial score (nSPS) is 23.1. The van der Waals surface area contributed by atoms with Gasteiger partial charge in [0.2, 0.25) is 5.91 Å². The zero-order valence-electron chi connectivity index (χ0n) is 18.0. The van der Waals surface area contributed by atoms with Crippen LogP contribution in [-0.4, -0.2) is 73.5 Å². The molecule has 1 aliphatic carbocycles. The van der Waals surface area contributed by atoms with Gasteiger partial charge >= 0.3 is 6.03 Å². The van der Waals surface area contributed by atoms with E-state index in [1.54, 1.807) is 0 Å². The molecule has 1 aromatic carbocycles. The Hall–Kier alpha value is -2.65. The van der Waals surface area contributed by atoms with Gasteiger partial charge in [0.25, 0.3) is 6.47 Å². The fraction of sp³-hybridized carbons (Fsp3) is 0.591. The number of hydrogen-bond donors (Lipinski definition) is 3. The van der Waals surface area contributed by atoms with Crippen LogP contribution in [0.3, 0.4) is 0 Å². The Morgan fingerprint density at radius 3 is 2.55 bits per heavy atom. The van der Waals surface area contributed by atoms with Crippen LogP contribution in [0.5, 0.6) is 0 Å². The molecule has 1 aromatic rings. The minimum Gasteiger partial charge on any atom is -0.483 e. The van der Waals surface area contributed by atoms with Gasteiger partial charge in [0, 0.05) is 31.3 Å². The molecular weight excluding hydrogens is 402 g/mol. The lowest BCUT2D eigenvalue weighted by molar-refractivity contribution is -0.143. The van der Waals surface area contributed by atoms with Crippen molar-refractivity contribution in [3.63, 3.8) is 0 Å². The van der Waals surface area contributed by atoms with Crippen LogP contribution in [0.15, 0.2) is 30.3 Å². The third kappa shape index (κ3) is 8.18. The highest BCUT2D eigenvalue weighted by Crippen LogP contribution is 2.29. The number of morpholine rings is 1. The van der Waals surface area contributed by atoms with E-state index >= 15 is 0 Å². The summed E-state index contributed by atoms with van der Waals surface area (Å²) in [5.74, 6) is 0.149. The van der Waals surface area contributed by atoms with Gasteiger partial charge in [-0.1, -0.05) is 25.1 Å². The van der Waals surface area contributed by atoms with Crippen LogP contribution in [0.2, 0.25) is 0 Å². The van der Waals surface area contributed by atoms with Crippen LogP contribution in [-0.2, 0) is 19.1 Å². The first kappa shape index (κ1) is 24.6. The first-order valence-corrected chi connectivity index (χ1v) is 10.8. The predicted octanol–water partition coefficient (Wildman–Crippen LogP) is 2.33. The van der Waals surface area contributed by atoms with Crippen molar-refractivity contribution in [2.75, 3.05) is 38.2 Å². The number of carboxylic acid groups (broad SMARTS) is 1. The molecular formula is C22H33N3O6. The maximum absolute atomic E-state index is 12.9. The maximum atomic E-state index is 12.9. The SMILES string of the molecule is CCCO[C@@H]1C[C@@H](C(=O)N2CCOCC2)CC[C@H]1NC(=O)Nc1ccccc1.O=CO. The third-order valence-electron chi connectivity index (χ3n) is 5.35. The fourth-order valence-corrected chi connectivity index (χ4v) is 3.87. The van der Waals surface area contributed by atoms with Crippen LogP contribution < -0.4 is 10.6 Å². The van der Waals surface area contributed by atoms with Crippen molar-refractivity contribution in [3.8, 4) is 0 Å². The number of hydrogen-bond acceptors (Lipinski definition) is 5. The van der Waals surface area contributed by atoms with E-state index in [4.69, 9.17) is 19.4 Å². The Labute approximate surface area is 183 Å². The summed E-state index contributed by atoms with van der Waals surface area (Å²) in [5, 5.41) is 12.8. The number of amides is 3. The van der Waals surface area contributed by atoms with E-state index in [0.717, 1.165) is 24.9 Å². The summed E-state index contributed by atoms with van der Waals surface area (Å²) in [7, 11) is 0. The van der Waals surface area contributed by atoms with E-state index < -0.39 is 0 Å². The van der Waals surface area contributed by atoms with E-state index in [1.807, 2.05) is 35.2 Å². The van der Waals surface area contributed by atoms with Gasteiger partial charge in [0.1, 0.15) is 0 Å². The van der Waals surface area contributed by atoms with Gasteiger partial charge in [0.05, 0.1) is 25.4 Å². The van der Waals surface area contributed by atoms with Crippen LogP contribution in [0.1, 0.15) is 32.6 Å². The molecule has 2 fully saturated rings. The number of benzene rings is 1. The Morgan fingerprint density at radius 1 is 1.23 bits per heavy atom. The lowest BCUT2D eigenvalue weighted by atomic mass is 9.82. The number of nitrogens with zero attached hydrogens (tertiary/aromatic N) is 1. The third-order valence-corrected chi connectivity index (χ3v) is 5.35. The summed E-state index contributed by atoms with van der Waals surface area (Å²) in [4.78, 5) is 35.5. The molecule has 172 valence electrons. The molecule has 3 N–H and O–H groups in total. The number of ether oxygens (including phenoxy) is 2. The smallest absolute Gasteiger partial charge is 0.319 e. The van der Waals surface area contributed by atoms with E-state index in [0.29, 0.717) is 39.3 Å². The number of carbonyl (C=O) groups is 3. The van der Waals surface area contributed by atoms with E-state index in [2.05, 4.69) is 17.6 Å². The topological polar surface area (TPSA) is 117 Å². The molecule has 1 aliphatic heterocycles. The number of anilines is 1. The monoisotopic (exact) mass is 435 g/mol. The number of nitrogens with one attached hydrogen (secondary N) is 2. The standard InChI is InChI=1S/C21H31N3O4.CH2O2/c1-2-12-28-19-15-16(20(25)24-10-13-27-14-11-24)8-9-18(19)23-21(26)22-17-6-4-3-5-7-17;2-1-3/h3-7,16,18-19H,2,8-15H2,1H3,(H2,22,23,26);1H,(H,2,3)/t16-,18+,19+;/m0./s1. The highest BCUT2D eigenvalue weighted by Gasteiger charge is 2.37. The second kappa shape index (κ2) is 13.6. The molecule has 0 spiro atoms. The molecule has 0 unspecified atom stereocenters. The molecule has 1 heterocycles. The molecule has 2 aliphatic rings. The van der Waals surface area contributed by atoms with Crippen molar-refractivity contribution >= 4 is 24.1 Å². The van der Waals surface area contributed by atoms with Crippen LogP contribution in [0.4, 0.5) is 10.5 Å². The molecule has 3 rings (SSSR count). The van der Waals surface area contributed by atoms with Crippen LogP contribution in [0.25, 0.3) is 0 Å². The van der Waals surface area contributed by atoms with Crippen LogP contribution >= 0.6 is 0 Å². The van der Waals surface area contributed by atoms with Crippen molar-refractivity contribution in [1.29, 1.82) is 0 Å². The average Bonchev–Trinajstić information content (AvgIpc) is 2.79. The minimum absolute atomic E-state index is 0.0461. The molecule has 9 heteroatoms. The summed E-state index contributed by atoms with van der Waals surface area (Å²) < 4.78 is 11.4. The highest BCUT2D eigenvalue weighted by molar-refractivity contribution is 5.89. The molecule has 0 bridgehead atoms. The second-order valence-corrected chi connectivity index (χ2v) is 7.53. The van der Waals surface area contributed by atoms with Crippen molar-refractivity contribution in [1.82, 2.24) is 10.2 Å². The average molecular weight is 436 g/mol.